The number of aryl methyl sites for hydroxylation is 1. The normalized spacial score (nSPS) is 14.7. The van der Waals surface area contributed by atoms with Crippen molar-refractivity contribution in [1.29, 1.82) is 0 Å². The Morgan fingerprint density at radius 3 is 2.96 bits per heavy atom. The Hall–Kier alpha value is -2.66. The molecule has 1 aromatic carbocycles. The molecule has 0 saturated heterocycles. The van der Waals surface area contributed by atoms with Gasteiger partial charge in [-0.25, -0.2) is 9.97 Å². The summed E-state index contributed by atoms with van der Waals surface area (Å²) in [6, 6.07) is 11.6. The highest BCUT2D eigenvalue weighted by atomic mass is 15.0. The maximum Gasteiger partial charge on any atom is 0.158 e. The summed E-state index contributed by atoms with van der Waals surface area (Å²) in [7, 11) is 0. The number of pyridine rings is 1. The van der Waals surface area contributed by atoms with E-state index in [1.165, 1.54) is 23.8 Å². The summed E-state index contributed by atoms with van der Waals surface area (Å²) in [4.78, 5) is 15.7. The van der Waals surface area contributed by atoms with Crippen LogP contribution in [0.1, 0.15) is 24.2 Å². The van der Waals surface area contributed by atoms with Crippen molar-refractivity contribution < 1.29 is 0 Å². The maximum atomic E-state index is 4.58. The van der Waals surface area contributed by atoms with E-state index in [1.54, 1.807) is 0 Å². The monoisotopic (exact) mass is 317 g/mol. The molecule has 0 bridgehead atoms. The molecule has 1 aliphatic carbocycles. The molecule has 1 fully saturated rings. The molecule has 0 atom stereocenters. The van der Waals surface area contributed by atoms with E-state index in [1.807, 2.05) is 19.2 Å². The van der Waals surface area contributed by atoms with E-state index in [0.29, 0.717) is 0 Å². The highest BCUT2D eigenvalue weighted by Crippen LogP contribution is 2.29. The van der Waals surface area contributed by atoms with Crippen molar-refractivity contribution in [1.82, 2.24) is 25.3 Å². The van der Waals surface area contributed by atoms with Crippen molar-refractivity contribution in [2.24, 2.45) is 0 Å². The van der Waals surface area contributed by atoms with Gasteiger partial charge in [0, 0.05) is 40.9 Å². The molecule has 24 heavy (non-hydrogen) atoms. The van der Waals surface area contributed by atoms with Crippen LogP contribution in [0.25, 0.3) is 33.3 Å². The SMILES string of the molecule is Cc1nc2c(-c3cc4cc(CNC5CC5)ccc4[nH]3)ccnc2[nH]1. The topological polar surface area (TPSA) is 69.4 Å². The summed E-state index contributed by atoms with van der Waals surface area (Å²) < 4.78 is 0. The van der Waals surface area contributed by atoms with Crippen LogP contribution in [0.3, 0.4) is 0 Å². The van der Waals surface area contributed by atoms with Crippen molar-refractivity contribution in [2.75, 3.05) is 0 Å². The quantitative estimate of drug-likeness (QED) is 0.538. The van der Waals surface area contributed by atoms with Gasteiger partial charge in [-0.05, 0) is 49.6 Å². The Balaban J connectivity index is 1.56. The fraction of sp³-hybridized carbons (Fsp3) is 0.263. The predicted molar refractivity (Wildman–Crippen MR) is 95.8 cm³/mol. The number of benzene rings is 1. The molecule has 5 heteroatoms. The first-order chi connectivity index (χ1) is 11.8. The standard InChI is InChI=1S/C19H19N5/c1-11-22-18-15(6-7-20-19(18)23-11)17-9-13-8-12(2-5-16(13)24-17)10-21-14-3-4-14/h2,5-9,14,21,24H,3-4,10H2,1H3,(H,20,22,23). The molecule has 0 aliphatic heterocycles. The van der Waals surface area contributed by atoms with Crippen molar-refractivity contribution >= 4 is 22.1 Å². The Labute approximate surface area is 139 Å². The number of aromatic amines is 2. The molecule has 1 aliphatic rings. The van der Waals surface area contributed by atoms with Gasteiger partial charge >= 0.3 is 0 Å². The number of nitrogens with zero attached hydrogens (tertiary/aromatic N) is 2. The Kier molecular flexibility index (Phi) is 2.97. The van der Waals surface area contributed by atoms with Crippen LogP contribution in [0.15, 0.2) is 36.5 Å². The second-order valence-corrected chi connectivity index (χ2v) is 6.64. The van der Waals surface area contributed by atoms with E-state index in [4.69, 9.17) is 0 Å². The van der Waals surface area contributed by atoms with Crippen LogP contribution in [0.2, 0.25) is 0 Å². The summed E-state index contributed by atoms with van der Waals surface area (Å²) in [6.07, 6.45) is 4.46. The second-order valence-electron chi connectivity index (χ2n) is 6.64. The third-order valence-corrected chi connectivity index (χ3v) is 4.65. The molecule has 120 valence electrons. The summed E-state index contributed by atoms with van der Waals surface area (Å²) in [5.74, 6) is 0.884. The van der Waals surface area contributed by atoms with Gasteiger partial charge in [0.1, 0.15) is 11.3 Å². The molecule has 3 aromatic heterocycles. The molecular formula is C19H19N5. The smallest absolute Gasteiger partial charge is 0.158 e. The zero-order chi connectivity index (χ0) is 16.1. The van der Waals surface area contributed by atoms with Crippen molar-refractivity contribution in [3.63, 3.8) is 0 Å². The van der Waals surface area contributed by atoms with Crippen LogP contribution >= 0.6 is 0 Å². The second kappa shape index (κ2) is 5.18. The van der Waals surface area contributed by atoms with Gasteiger partial charge in [0.15, 0.2) is 5.65 Å². The summed E-state index contributed by atoms with van der Waals surface area (Å²) in [5, 5.41) is 4.80. The van der Waals surface area contributed by atoms with Crippen molar-refractivity contribution in [2.45, 2.75) is 32.4 Å². The summed E-state index contributed by atoms with van der Waals surface area (Å²) >= 11 is 0. The lowest BCUT2D eigenvalue weighted by Gasteiger charge is -2.02. The molecule has 0 spiro atoms. The first-order valence-electron chi connectivity index (χ1n) is 8.43. The van der Waals surface area contributed by atoms with E-state index in [0.717, 1.165) is 46.3 Å². The summed E-state index contributed by atoms with van der Waals surface area (Å²) in [5.41, 5.74) is 6.39. The van der Waals surface area contributed by atoms with E-state index >= 15 is 0 Å². The van der Waals surface area contributed by atoms with Gasteiger partial charge in [-0.1, -0.05) is 6.07 Å². The predicted octanol–water partition coefficient (Wildman–Crippen LogP) is 3.67. The molecule has 5 rings (SSSR count). The summed E-state index contributed by atoms with van der Waals surface area (Å²) in [6.45, 7) is 2.90. The lowest BCUT2D eigenvalue weighted by Crippen LogP contribution is -2.14. The van der Waals surface area contributed by atoms with E-state index in [9.17, 15) is 0 Å². The van der Waals surface area contributed by atoms with Gasteiger partial charge in [-0.15, -0.1) is 0 Å². The number of nitrogens with one attached hydrogen (secondary N) is 3. The van der Waals surface area contributed by atoms with E-state index in [-0.39, 0.29) is 0 Å². The molecular weight excluding hydrogens is 298 g/mol. The minimum absolute atomic E-state index is 0.732. The first-order valence-corrected chi connectivity index (χ1v) is 8.43. The Bertz CT molecular complexity index is 1040. The molecule has 0 unspecified atom stereocenters. The molecule has 1 saturated carbocycles. The number of hydrogen-bond donors (Lipinski definition) is 3. The van der Waals surface area contributed by atoms with Crippen LogP contribution in [0.4, 0.5) is 0 Å². The zero-order valence-corrected chi connectivity index (χ0v) is 13.6. The maximum absolute atomic E-state index is 4.58. The Morgan fingerprint density at radius 2 is 2.08 bits per heavy atom. The van der Waals surface area contributed by atoms with Crippen LogP contribution < -0.4 is 5.32 Å². The van der Waals surface area contributed by atoms with E-state index < -0.39 is 0 Å². The van der Waals surface area contributed by atoms with Gasteiger partial charge in [0.05, 0.1) is 0 Å². The molecule has 5 nitrogen and oxygen atoms in total. The zero-order valence-electron chi connectivity index (χ0n) is 13.6. The third kappa shape index (κ3) is 2.37. The lowest BCUT2D eigenvalue weighted by molar-refractivity contribution is 0.688. The van der Waals surface area contributed by atoms with Gasteiger partial charge in [0.2, 0.25) is 0 Å². The number of fused-ring (bicyclic) bond motifs is 2. The van der Waals surface area contributed by atoms with Crippen molar-refractivity contribution in [3.8, 4) is 11.3 Å². The van der Waals surface area contributed by atoms with Gasteiger partial charge in [-0.2, -0.15) is 0 Å². The molecule has 4 aromatic rings. The number of imidazole rings is 1. The molecule has 3 heterocycles. The number of rotatable bonds is 4. The highest BCUT2D eigenvalue weighted by Gasteiger charge is 2.20. The molecule has 0 amide bonds. The van der Waals surface area contributed by atoms with Crippen LogP contribution in [0, 0.1) is 6.92 Å². The fourth-order valence-electron chi connectivity index (χ4n) is 3.23. The number of aromatic nitrogens is 4. The van der Waals surface area contributed by atoms with Crippen LogP contribution in [-0.2, 0) is 6.54 Å². The molecule has 3 N–H and O–H groups in total. The molecule has 0 radical (unpaired) electrons. The van der Waals surface area contributed by atoms with Crippen molar-refractivity contribution in [3.05, 3.63) is 47.9 Å². The van der Waals surface area contributed by atoms with E-state index in [2.05, 4.69) is 49.5 Å². The van der Waals surface area contributed by atoms with Crippen LogP contribution in [0.5, 0.6) is 0 Å². The van der Waals surface area contributed by atoms with Gasteiger partial charge in [0.25, 0.3) is 0 Å². The minimum Gasteiger partial charge on any atom is -0.354 e. The average Bonchev–Trinajstić information content (AvgIpc) is 3.18. The number of H-pyrrole nitrogens is 2. The Morgan fingerprint density at radius 1 is 1.17 bits per heavy atom. The number of hydrogen-bond acceptors (Lipinski definition) is 3. The van der Waals surface area contributed by atoms with Crippen LogP contribution in [-0.4, -0.2) is 26.0 Å². The van der Waals surface area contributed by atoms with Gasteiger partial charge in [-0.3, -0.25) is 0 Å². The average molecular weight is 317 g/mol. The lowest BCUT2D eigenvalue weighted by atomic mass is 10.1. The minimum atomic E-state index is 0.732. The largest absolute Gasteiger partial charge is 0.354 e. The highest BCUT2D eigenvalue weighted by molar-refractivity contribution is 5.94. The van der Waals surface area contributed by atoms with Gasteiger partial charge < -0.3 is 15.3 Å². The third-order valence-electron chi connectivity index (χ3n) is 4.65. The fourth-order valence-corrected chi connectivity index (χ4v) is 3.23. The first kappa shape index (κ1) is 13.7.